The van der Waals surface area contributed by atoms with Gasteiger partial charge in [-0.3, -0.25) is 0 Å². The van der Waals surface area contributed by atoms with Crippen molar-refractivity contribution in [3.8, 4) is 0 Å². The van der Waals surface area contributed by atoms with E-state index in [-0.39, 0.29) is 22.3 Å². The van der Waals surface area contributed by atoms with Gasteiger partial charge in [0.1, 0.15) is 5.03 Å². The zero-order valence-corrected chi connectivity index (χ0v) is 9.98. The first-order chi connectivity index (χ1) is 7.13. The van der Waals surface area contributed by atoms with Crippen molar-refractivity contribution < 1.29 is 3.89 Å². The summed E-state index contributed by atoms with van der Waals surface area (Å²) in [5.74, 6) is 0. The Bertz CT molecular complexity index is 384. The lowest BCUT2D eigenvalue weighted by molar-refractivity contribution is 0.938. The molecule has 0 atom stereocenters. The van der Waals surface area contributed by atoms with Gasteiger partial charge in [-0.05, 0) is 24.4 Å². The summed E-state index contributed by atoms with van der Waals surface area (Å²) < 4.78 is 12.0. The Labute approximate surface area is 102 Å². The summed E-state index contributed by atoms with van der Waals surface area (Å²) in [5.41, 5.74) is 0.660. The highest BCUT2D eigenvalue weighted by molar-refractivity contribution is 7.98. The Morgan fingerprint density at radius 3 is 2.73 bits per heavy atom. The van der Waals surface area contributed by atoms with Gasteiger partial charge in [-0.2, -0.15) is 3.89 Å². The Balaban J connectivity index is 2.59. The highest BCUT2D eigenvalue weighted by Crippen LogP contribution is 2.20. The summed E-state index contributed by atoms with van der Waals surface area (Å²) in [6.07, 6.45) is 0. The minimum absolute atomic E-state index is 0.00182. The quantitative estimate of drug-likeness (QED) is 0.811. The number of anilines is 1. The first kappa shape index (κ1) is 12.3. The fraction of sp³-hybridized carbons (Fsp3) is 0. The molecule has 0 fully saturated rings. The van der Waals surface area contributed by atoms with Gasteiger partial charge in [0, 0.05) is 0 Å². The molecule has 1 aromatic rings. The average Bonchev–Trinajstić information content (AvgIpc) is 2.21. The van der Waals surface area contributed by atoms with Gasteiger partial charge in [-0.1, -0.05) is 30.3 Å². The Kier molecular flexibility index (Phi) is 4.87. The predicted octanol–water partition coefficient (Wildman–Crippen LogP) is 3.72. The molecule has 15 heavy (non-hydrogen) atoms. The molecule has 0 saturated heterocycles. The average molecular weight is 263 g/mol. The van der Waals surface area contributed by atoms with Crippen LogP contribution in [0.1, 0.15) is 0 Å². The number of thiocarbonyl (C=S) groups is 1. The first-order valence-corrected chi connectivity index (χ1v) is 5.44. The monoisotopic (exact) mass is 262 g/mol. The normalized spacial score (nSPS) is 9.47. The van der Waals surface area contributed by atoms with Crippen molar-refractivity contribution in [2.75, 3.05) is 5.32 Å². The molecule has 1 rings (SSSR count). The van der Waals surface area contributed by atoms with E-state index in [1.54, 1.807) is 18.2 Å². The third-order valence-corrected chi connectivity index (χ3v) is 2.29. The van der Waals surface area contributed by atoms with Crippen LogP contribution in [0.3, 0.4) is 0 Å². The zero-order chi connectivity index (χ0) is 11.3. The summed E-state index contributed by atoms with van der Waals surface area (Å²) in [6.45, 7) is 3.39. The molecule has 2 nitrogen and oxygen atoms in total. The summed E-state index contributed by atoms with van der Waals surface area (Å²) in [7, 11) is 0. The van der Waals surface area contributed by atoms with Gasteiger partial charge in [-0.25, -0.2) is 0 Å². The van der Waals surface area contributed by atoms with Crippen LogP contribution in [0.5, 0.6) is 0 Å². The fourth-order valence-corrected chi connectivity index (χ4v) is 1.48. The van der Waals surface area contributed by atoms with E-state index in [1.165, 1.54) is 0 Å². The zero-order valence-electron chi connectivity index (χ0n) is 7.59. The number of nitrogens with one attached hydrogen (secondary N) is 2. The molecule has 0 saturated carbocycles. The number of para-hydroxylation sites is 1. The Morgan fingerprint density at radius 1 is 1.47 bits per heavy atom. The van der Waals surface area contributed by atoms with Crippen molar-refractivity contribution in [1.82, 2.24) is 5.32 Å². The van der Waals surface area contributed by atoms with Gasteiger partial charge < -0.3 is 10.6 Å². The standard InChI is InChI=1S/C9H8ClFN2S2/c1-6(15-11)12-9(14)13-8-5-3-2-4-7(8)10/h2-5H,1H2,(H2,12,13,14). The number of hydrogen-bond acceptors (Lipinski definition) is 2. The molecule has 0 aliphatic carbocycles. The Morgan fingerprint density at radius 2 is 2.13 bits per heavy atom. The van der Waals surface area contributed by atoms with E-state index in [0.29, 0.717) is 10.7 Å². The molecular weight excluding hydrogens is 255 g/mol. The molecule has 0 aromatic heterocycles. The first-order valence-electron chi connectivity index (χ1n) is 3.93. The number of hydrogen-bond donors (Lipinski definition) is 2. The molecule has 0 spiro atoms. The highest BCUT2D eigenvalue weighted by Gasteiger charge is 2.02. The van der Waals surface area contributed by atoms with E-state index >= 15 is 0 Å². The fourth-order valence-electron chi connectivity index (χ4n) is 0.862. The van der Waals surface area contributed by atoms with Crippen molar-refractivity contribution in [2.45, 2.75) is 0 Å². The molecule has 6 heteroatoms. The van der Waals surface area contributed by atoms with Gasteiger partial charge in [0.25, 0.3) is 0 Å². The van der Waals surface area contributed by atoms with Gasteiger partial charge >= 0.3 is 0 Å². The van der Waals surface area contributed by atoms with Crippen molar-refractivity contribution in [3.05, 3.63) is 40.9 Å². The van der Waals surface area contributed by atoms with Crippen molar-refractivity contribution >= 4 is 46.8 Å². The molecule has 80 valence electrons. The van der Waals surface area contributed by atoms with E-state index in [2.05, 4.69) is 17.2 Å². The molecule has 0 radical (unpaired) electrons. The van der Waals surface area contributed by atoms with Crippen LogP contribution in [0.15, 0.2) is 35.9 Å². The SMILES string of the molecule is C=C(NC(=S)Nc1ccccc1Cl)SF. The number of halogens is 2. The van der Waals surface area contributed by atoms with Crippen LogP contribution >= 0.6 is 36.0 Å². The second-order valence-electron chi connectivity index (χ2n) is 2.56. The summed E-state index contributed by atoms with van der Waals surface area (Å²) in [6, 6.07) is 7.11. The van der Waals surface area contributed by atoms with Crippen LogP contribution in [0.25, 0.3) is 0 Å². The van der Waals surface area contributed by atoms with Gasteiger partial charge in [-0.15, -0.1) is 0 Å². The smallest absolute Gasteiger partial charge is 0.175 e. The maximum Gasteiger partial charge on any atom is 0.175 e. The second-order valence-corrected chi connectivity index (χ2v) is 4.02. The lowest BCUT2D eigenvalue weighted by Crippen LogP contribution is -2.26. The van der Waals surface area contributed by atoms with Gasteiger partial charge in [0.15, 0.2) is 5.11 Å². The largest absolute Gasteiger partial charge is 0.331 e. The Hall–Kier alpha value is -0.780. The molecule has 0 aliphatic heterocycles. The van der Waals surface area contributed by atoms with E-state index < -0.39 is 0 Å². The van der Waals surface area contributed by atoms with Crippen molar-refractivity contribution in [3.63, 3.8) is 0 Å². The second kappa shape index (κ2) is 5.95. The van der Waals surface area contributed by atoms with E-state index in [0.717, 1.165) is 0 Å². The van der Waals surface area contributed by atoms with Gasteiger partial charge in [0.05, 0.1) is 22.9 Å². The van der Waals surface area contributed by atoms with E-state index in [9.17, 15) is 3.89 Å². The summed E-state index contributed by atoms with van der Waals surface area (Å²) in [4.78, 5) is 0. The van der Waals surface area contributed by atoms with Crippen LogP contribution in [-0.4, -0.2) is 5.11 Å². The topological polar surface area (TPSA) is 24.1 Å². The van der Waals surface area contributed by atoms with Crippen LogP contribution in [0.4, 0.5) is 9.57 Å². The number of benzene rings is 1. The van der Waals surface area contributed by atoms with Crippen molar-refractivity contribution in [2.24, 2.45) is 0 Å². The predicted molar refractivity (Wildman–Crippen MR) is 68.6 cm³/mol. The molecule has 0 unspecified atom stereocenters. The lowest BCUT2D eigenvalue weighted by Gasteiger charge is -2.10. The van der Waals surface area contributed by atoms with E-state index in [4.69, 9.17) is 23.8 Å². The molecule has 0 aliphatic rings. The van der Waals surface area contributed by atoms with Crippen molar-refractivity contribution in [1.29, 1.82) is 0 Å². The highest BCUT2D eigenvalue weighted by atomic mass is 35.5. The summed E-state index contributed by atoms with van der Waals surface area (Å²) >= 11 is 10.8. The molecule has 1 aromatic carbocycles. The molecule has 0 amide bonds. The number of rotatable bonds is 3. The van der Waals surface area contributed by atoms with Crippen LogP contribution < -0.4 is 10.6 Å². The third kappa shape index (κ3) is 4.07. The van der Waals surface area contributed by atoms with E-state index in [1.807, 2.05) is 6.07 Å². The van der Waals surface area contributed by atoms with Crippen LogP contribution in [0, 0.1) is 0 Å². The third-order valence-electron chi connectivity index (χ3n) is 1.47. The minimum Gasteiger partial charge on any atom is -0.331 e. The maximum absolute atomic E-state index is 12.0. The summed E-state index contributed by atoms with van der Waals surface area (Å²) in [5, 5.41) is 6.30. The molecule has 0 bridgehead atoms. The molecule has 2 N–H and O–H groups in total. The van der Waals surface area contributed by atoms with Crippen LogP contribution in [0.2, 0.25) is 5.02 Å². The minimum atomic E-state index is 0.00182. The lowest BCUT2D eigenvalue weighted by atomic mass is 10.3. The van der Waals surface area contributed by atoms with Crippen LogP contribution in [-0.2, 0) is 0 Å². The molecular formula is C9H8ClFN2S2. The maximum atomic E-state index is 12.0. The van der Waals surface area contributed by atoms with Gasteiger partial charge in [0.2, 0.25) is 0 Å². The molecule has 0 heterocycles.